The van der Waals surface area contributed by atoms with Crippen LogP contribution in [0, 0.1) is 5.82 Å². The van der Waals surface area contributed by atoms with Gasteiger partial charge in [-0.25, -0.2) is 4.39 Å². The monoisotopic (exact) mass is 360 g/mol. The van der Waals surface area contributed by atoms with Gasteiger partial charge in [0.15, 0.2) is 11.6 Å². The zero-order valence-corrected chi connectivity index (χ0v) is 14.8. The molecule has 2 aromatic rings. The Hall–Kier alpha value is -1.62. The van der Waals surface area contributed by atoms with Gasteiger partial charge in [0.1, 0.15) is 6.10 Å². The molecule has 2 aromatic carbocycles. The Morgan fingerprint density at radius 2 is 2.04 bits per heavy atom. The van der Waals surface area contributed by atoms with E-state index in [0.29, 0.717) is 5.02 Å². The second-order valence-corrected chi connectivity index (χ2v) is 7.42. The highest BCUT2D eigenvalue weighted by molar-refractivity contribution is 6.30. The second kappa shape index (κ2) is 6.94. The molecule has 4 rings (SSSR count). The highest BCUT2D eigenvalue weighted by atomic mass is 35.5. The van der Waals surface area contributed by atoms with Crippen LogP contribution in [-0.2, 0) is 6.42 Å². The van der Waals surface area contributed by atoms with E-state index >= 15 is 0 Å². The number of ether oxygens (including phenoxy) is 1. The molecule has 132 valence electrons. The summed E-state index contributed by atoms with van der Waals surface area (Å²) in [4.78, 5) is 2.41. The van der Waals surface area contributed by atoms with Crippen molar-refractivity contribution in [2.75, 3.05) is 13.1 Å². The third kappa shape index (κ3) is 3.39. The highest BCUT2D eigenvalue weighted by Crippen LogP contribution is 2.39. The molecular formula is C20H22ClFN2O. The largest absolute Gasteiger partial charge is 0.481 e. The fourth-order valence-corrected chi connectivity index (χ4v) is 4.21. The summed E-state index contributed by atoms with van der Waals surface area (Å²) in [5.41, 5.74) is 8.59. The summed E-state index contributed by atoms with van der Waals surface area (Å²) in [5.74, 6) is -0.177. The Bertz CT molecular complexity index is 769. The summed E-state index contributed by atoms with van der Waals surface area (Å²) in [6.07, 6.45) is 2.86. The minimum atomic E-state index is -0.425. The first-order valence-electron chi connectivity index (χ1n) is 8.81. The molecule has 0 spiro atoms. The van der Waals surface area contributed by atoms with E-state index in [0.717, 1.165) is 37.9 Å². The number of nitrogens with two attached hydrogens (primary N) is 1. The maximum Gasteiger partial charge on any atom is 0.166 e. The van der Waals surface area contributed by atoms with Gasteiger partial charge in [0, 0.05) is 17.6 Å². The van der Waals surface area contributed by atoms with Crippen LogP contribution in [0.15, 0.2) is 42.5 Å². The SMILES string of the molecule is N[C@@H]1CCCN([C@@H]2Cc3ccccc3[C@@H]2Oc2ccc(Cl)cc2F)C1. The lowest BCUT2D eigenvalue weighted by molar-refractivity contribution is 0.0571. The van der Waals surface area contributed by atoms with E-state index in [4.69, 9.17) is 22.1 Å². The van der Waals surface area contributed by atoms with Gasteiger partial charge < -0.3 is 10.5 Å². The van der Waals surface area contributed by atoms with Gasteiger partial charge in [0.2, 0.25) is 0 Å². The van der Waals surface area contributed by atoms with Crippen LogP contribution >= 0.6 is 11.6 Å². The Kier molecular flexibility index (Phi) is 4.67. The van der Waals surface area contributed by atoms with E-state index in [-0.39, 0.29) is 23.9 Å². The predicted octanol–water partition coefficient (Wildman–Crippen LogP) is 3.95. The number of halogens is 2. The van der Waals surface area contributed by atoms with Gasteiger partial charge in [0.25, 0.3) is 0 Å². The molecule has 0 aromatic heterocycles. The third-order valence-electron chi connectivity index (χ3n) is 5.25. The first-order valence-corrected chi connectivity index (χ1v) is 9.19. The zero-order chi connectivity index (χ0) is 17.4. The molecule has 1 saturated heterocycles. The Balaban J connectivity index is 1.65. The lowest BCUT2D eigenvalue weighted by Crippen LogP contribution is -2.49. The molecule has 1 aliphatic carbocycles. The Morgan fingerprint density at radius 3 is 2.84 bits per heavy atom. The first-order chi connectivity index (χ1) is 12.1. The van der Waals surface area contributed by atoms with Gasteiger partial charge >= 0.3 is 0 Å². The fourth-order valence-electron chi connectivity index (χ4n) is 4.05. The van der Waals surface area contributed by atoms with Crippen molar-refractivity contribution in [3.63, 3.8) is 0 Å². The molecule has 0 unspecified atom stereocenters. The van der Waals surface area contributed by atoms with Crippen LogP contribution in [0.1, 0.15) is 30.1 Å². The maximum atomic E-state index is 14.3. The minimum absolute atomic E-state index is 0.179. The van der Waals surface area contributed by atoms with Crippen LogP contribution in [0.3, 0.4) is 0 Å². The number of benzene rings is 2. The molecule has 3 atom stereocenters. The summed E-state index contributed by atoms with van der Waals surface area (Å²) in [6.45, 7) is 1.87. The van der Waals surface area contributed by atoms with E-state index in [1.807, 2.05) is 12.1 Å². The van der Waals surface area contributed by atoms with Gasteiger partial charge in [-0.05, 0) is 55.1 Å². The Morgan fingerprint density at radius 1 is 1.20 bits per heavy atom. The third-order valence-corrected chi connectivity index (χ3v) is 5.48. The van der Waals surface area contributed by atoms with Crippen molar-refractivity contribution in [1.29, 1.82) is 0 Å². The number of hydrogen-bond acceptors (Lipinski definition) is 3. The van der Waals surface area contributed by atoms with Crippen molar-refractivity contribution >= 4 is 11.6 Å². The zero-order valence-electron chi connectivity index (χ0n) is 14.0. The quantitative estimate of drug-likeness (QED) is 0.900. The molecule has 0 amide bonds. The van der Waals surface area contributed by atoms with E-state index in [2.05, 4.69) is 17.0 Å². The van der Waals surface area contributed by atoms with Crippen molar-refractivity contribution in [1.82, 2.24) is 4.90 Å². The average Bonchev–Trinajstić information content (AvgIpc) is 2.96. The molecule has 3 nitrogen and oxygen atoms in total. The van der Waals surface area contributed by atoms with Crippen LogP contribution in [0.4, 0.5) is 4.39 Å². The fraction of sp³-hybridized carbons (Fsp3) is 0.400. The minimum Gasteiger partial charge on any atom is -0.481 e. The van der Waals surface area contributed by atoms with Crippen molar-refractivity contribution < 1.29 is 9.13 Å². The lowest BCUT2D eigenvalue weighted by atomic mass is 10.0. The van der Waals surface area contributed by atoms with E-state index < -0.39 is 5.82 Å². The van der Waals surface area contributed by atoms with Crippen LogP contribution < -0.4 is 10.5 Å². The van der Waals surface area contributed by atoms with E-state index in [9.17, 15) is 4.39 Å². The summed E-state index contributed by atoms with van der Waals surface area (Å²) < 4.78 is 20.4. The van der Waals surface area contributed by atoms with Gasteiger partial charge in [0.05, 0.1) is 6.04 Å². The number of fused-ring (bicyclic) bond motifs is 1. The molecule has 2 aliphatic rings. The number of rotatable bonds is 3. The highest BCUT2D eigenvalue weighted by Gasteiger charge is 2.39. The van der Waals surface area contributed by atoms with Gasteiger partial charge in [-0.2, -0.15) is 0 Å². The maximum absolute atomic E-state index is 14.3. The van der Waals surface area contributed by atoms with Crippen LogP contribution in [0.2, 0.25) is 5.02 Å². The van der Waals surface area contributed by atoms with Crippen LogP contribution in [-0.4, -0.2) is 30.1 Å². The smallest absolute Gasteiger partial charge is 0.166 e. The molecule has 1 aliphatic heterocycles. The molecule has 5 heteroatoms. The molecule has 25 heavy (non-hydrogen) atoms. The van der Waals surface area contributed by atoms with Gasteiger partial charge in [-0.3, -0.25) is 4.90 Å². The number of nitrogens with zero attached hydrogens (tertiary/aromatic N) is 1. The van der Waals surface area contributed by atoms with E-state index in [1.165, 1.54) is 11.6 Å². The molecule has 0 radical (unpaired) electrons. The predicted molar refractivity (Wildman–Crippen MR) is 97.5 cm³/mol. The number of likely N-dealkylation sites (tertiary alicyclic amines) is 1. The average molecular weight is 361 g/mol. The standard InChI is InChI=1S/C20H22ClFN2O/c21-14-7-8-19(17(22)11-14)25-20-16-6-2-1-4-13(16)10-18(20)24-9-3-5-15(23)12-24/h1-2,4,6-8,11,15,18,20H,3,5,9-10,12,23H2/t15-,18-,20+/m1/s1. The van der Waals surface area contributed by atoms with Crippen LogP contribution in [0.5, 0.6) is 5.75 Å². The van der Waals surface area contributed by atoms with Crippen molar-refractivity contribution in [3.05, 3.63) is 64.4 Å². The second-order valence-electron chi connectivity index (χ2n) is 6.98. The topological polar surface area (TPSA) is 38.5 Å². The summed E-state index contributed by atoms with van der Waals surface area (Å²) in [7, 11) is 0. The van der Waals surface area contributed by atoms with Crippen molar-refractivity contribution in [2.24, 2.45) is 5.73 Å². The normalized spacial score (nSPS) is 26.4. The Labute approximate surface area is 152 Å². The van der Waals surface area contributed by atoms with Crippen molar-refractivity contribution in [2.45, 2.75) is 37.5 Å². The molecular weight excluding hydrogens is 339 g/mol. The number of hydrogen-bond donors (Lipinski definition) is 1. The lowest BCUT2D eigenvalue weighted by Gasteiger charge is -2.38. The molecule has 1 fully saturated rings. The van der Waals surface area contributed by atoms with Gasteiger partial charge in [-0.1, -0.05) is 35.9 Å². The summed E-state index contributed by atoms with van der Waals surface area (Å²) in [6, 6.07) is 13.2. The van der Waals surface area contributed by atoms with Crippen molar-refractivity contribution in [3.8, 4) is 5.75 Å². The van der Waals surface area contributed by atoms with E-state index in [1.54, 1.807) is 12.1 Å². The number of piperidine rings is 1. The summed E-state index contributed by atoms with van der Waals surface area (Å²) >= 11 is 5.86. The molecule has 0 saturated carbocycles. The molecule has 2 N–H and O–H groups in total. The molecule has 0 bridgehead atoms. The van der Waals surface area contributed by atoms with Gasteiger partial charge in [-0.15, -0.1) is 0 Å². The summed E-state index contributed by atoms with van der Waals surface area (Å²) in [5, 5.41) is 0.371. The first kappa shape index (κ1) is 16.8. The van der Waals surface area contributed by atoms with Crippen LogP contribution in [0.25, 0.3) is 0 Å². The molecule has 1 heterocycles.